The molecule has 0 amide bonds. The van der Waals surface area contributed by atoms with Gasteiger partial charge in [0.15, 0.2) is 0 Å². The van der Waals surface area contributed by atoms with Crippen LogP contribution in [0, 0.1) is 11.3 Å². The SMILES string of the molecule is COC(=O)C(C)(C)C1CC(O)C1. The van der Waals surface area contributed by atoms with Gasteiger partial charge in [-0.15, -0.1) is 0 Å². The zero-order valence-electron chi connectivity index (χ0n) is 7.83. The largest absolute Gasteiger partial charge is 0.469 e. The number of aliphatic hydroxyl groups is 1. The van der Waals surface area contributed by atoms with E-state index in [1.807, 2.05) is 13.8 Å². The molecule has 1 aliphatic carbocycles. The maximum absolute atomic E-state index is 11.3. The summed E-state index contributed by atoms with van der Waals surface area (Å²) in [6.45, 7) is 3.74. The summed E-state index contributed by atoms with van der Waals surface area (Å²) < 4.78 is 4.69. The molecule has 0 aliphatic heterocycles. The average molecular weight is 172 g/mol. The quantitative estimate of drug-likeness (QED) is 0.631. The van der Waals surface area contributed by atoms with Gasteiger partial charge in [-0.3, -0.25) is 4.79 Å². The second kappa shape index (κ2) is 3.05. The van der Waals surface area contributed by atoms with Crippen LogP contribution in [-0.2, 0) is 9.53 Å². The van der Waals surface area contributed by atoms with Crippen LogP contribution in [0.3, 0.4) is 0 Å². The molecule has 0 radical (unpaired) electrons. The number of carbonyl (C=O) groups excluding carboxylic acids is 1. The Hall–Kier alpha value is -0.570. The molecule has 1 saturated carbocycles. The highest BCUT2D eigenvalue weighted by molar-refractivity contribution is 5.76. The zero-order valence-corrected chi connectivity index (χ0v) is 7.83. The Balaban J connectivity index is 2.54. The van der Waals surface area contributed by atoms with Crippen LogP contribution in [0.2, 0.25) is 0 Å². The minimum absolute atomic E-state index is 0.181. The highest BCUT2D eigenvalue weighted by atomic mass is 16.5. The monoisotopic (exact) mass is 172 g/mol. The topological polar surface area (TPSA) is 46.5 Å². The smallest absolute Gasteiger partial charge is 0.311 e. The Kier molecular flexibility index (Phi) is 2.42. The molecule has 70 valence electrons. The van der Waals surface area contributed by atoms with Gasteiger partial charge >= 0.3 is 5.97 Å². The summed E-state index contributed by atoms with van der Waals surface area (Å²) in [6, 6.07) is 0. The molecule has 0 aromatic rings. The van der Waals surface area contributed by atoms with Gasteiger partial charge in [0.05, 0.1) is 18.6 Å². The first-order valence-electron chi connectivity index (χ1n) is 4.25. The van der Waals surface area contributed by atoms with Crippen LogP contribution in [0.5, 0.6) is 0 Å². The van der Waals surface area contributed by atoms with Gasteiger partial charge in [0.25, 0.3) is 0 Å². The average Bonchev–Trinajstić information content (AvgIpc) is 1.96. The van der Waals surface area contributed by atoms with Crippen molar-refractivity contribution in [2.75, 3.05) is 7.11 Å². The second-order valence-corrected chi connectivity index (χ2v) is 4.04. The lowest BCUT2D eigenvalue weighted by molar-refractivity contribution is -0.159. The molecule has 0 unspecified atom stereocenters. The molecule has 1 fully saturated rings. The van der Waals surface area contributed by atoms with Crippen LogP contribution in [0.25, 0.3) is 0 Å². The fourth-order valence-corrected chi connectivity index (χ4v) is 1.61. The summed E-state index contributed by atoms with van der Waals surface area (Å²) in [4.78, 5) is 11.3. The van der Waals surface area contributed by atoms with Crippen molar-refractivity contribution in [3.8, 4) is 0 Å². The van der Waals surface area contributed by atoms with E-state index in [1.54, 1.807) is 0 Å². The predicted molar refractivity (Wildman–Crippen MR) is 44.5 cm³/mol. The Morgan fingerprint density at radius 2 is 2.00 bits per heavy atom. The molecule has 0 spiro atoms. The van der Waals surface area contributed by atoms with Gasteiger partial charge in [0.1, 0.15) is 0 Å². The van der Waals surface area contributed by atoms with Gasteiger partial charge in [-0.1, -0.05) is 0 Å². The number of ether oxygens (including phenoxy) is 1. The zero-order chi connectivity index (χ0) is 9.35. The molecular formula is C9H16O3. The minimum Gasteiger partial charge on any atom is -0.469 e. The van der Waals surface area contributed by atoms with E-state index in [0.717, 1.165) is 12.8 Å². The molecule has 0 saturated heterocycles. The maximum atomic E-state index is 11.3. The minimum atomic E-state index is -0.437. The van der Waals surface area contributed by atoms with E-state index in [2.05, 4.69) is 4.74 Å². The molecule has 0 bridgehead atoms. The fourth-order valence-electron chi connectivity index (χ4n) is 1.61. The van der Waals surface area contributed by atoms with Crippen molar-refractivity contribution in [1.82, 2.24) is 0 Å². The molecule has 3 nitrogen and oxygen atoms in total. The molecule has 0 atom stereocenters. The molecular weight excluding hydrogens is 156 g/mol. The summed E-state index contributed by atoms with van der Waals surface area (Å²) in [7, 11) is 1.40. The molecule has 0 aromatic carbocycles. The van der Waals surface area contributed by atoms with Crippen LogP contribution in [-0.4, -0.2) is 24.3 Å². The molecule has 1 N–H and O–H groups in total. The first-order chi connectivity index (χ1) is 5.48. The van der Waals surface area contributed by atoms with E-state index in [-0.39, 0.29) is 18.0 Å². The van der Waals surface area contributed by atoms with E-state index >= 15 is 0 Å². The molecule has 0 heterocycles. The van der Waals surface area contributed by atoms with Crippen LogP contribution in [0.1, 0.15) is 26.7 Å². The van der Waals surface area contributed by atoms with Crippen molar-refractivity contribution < 1.29 is 14.6 Å². The third-order valence-corrected chi connectivity index (χ3v) is 2.85. The van der Waals surface area contributed by atoms with Crippen LogP contribution in [0.15, 0.2) is 0 Å². The van der Waals surface area contributed by atoms with Gasteiger partial charge in [-0.05, 0) is 32.6 Å². The number of rotatable bonds is 2. The highest BCUT2D eigenvalue weighted by Crippen LogP contribution is 2.42. The highest BCUT2D eigenvalue weighted by Gasteiger charge is 2.44. The first-order valence-corrected chi connectivity index (χ1v) is 4.25. The fraction of sp³-hybridized carbons (Fsp3) is 0.889. The van der Waals surface area contributed by atoms with Crippen LogP contribution < -0.4 is 0 Å². The van der Waals surface area contributed by atoms with Crippen LogP contribution in [0.4, 0.5) is 0 Å². The Bertz CT molecular complexity index is 180. The van der Waals surface area contributed by atoms with E-state index in [1.165, 1.54) is 7.11 Å². The predicted octanol–water partition coefficient (Wildman–Crippen LogP) is 0.956. The summed E-state index contributed by atoms with van der Waals surface area (Å²) >= 11 is 0. The van der Waals surface area contributed by atoms with Crippen molar-refractivity contribution in [3.63, 3.8) is 0 Å². The third-order valence-electron chi connectivity index (χ3n) is 2.85. The summed E-state index contributed by atoms with van der Waals surface area (Å²) in [6.07, 6.45) is 1.24. The Labute approximate surface area is 72.7 Å². The lowest BCUT2D eigenvalue weighted by atomic mass is 9.66. The Morgan fingerprint density at radius 3 is 2.33 bits per heavy atom. The standard InChI is InChI=1S/C9H16O3/c1-9(2,8(11)12-3)6-4-7(10)5-6/h6-7,10H,4-5H2,1-3H3. The molecule has 0 aromatic heterocycles. The van der Waals surface area contributed by atoms with E-state index in [4.69, 9.17) is 5.11 Å². The molecule has 1 rings (SSSR count). The second-order valence-electron chi connectivity index (χ2n) is 4.04. The summed E-state index contributed by atoms with van der Waals surface area (Å²) in [5.41, 5.74) is -0.437. The maximum Gasteiger partial charge on any atom is 0.311 e. The number of esters is 1. The summed E-state index contributed by atoms with van der Waals surface area (Å²) in [5, 5.41) is 9.08. The lowest BCUT2D eigenvalue weighted by Gasteiger charge is -2.41. The molecule has 12 heavy (non-hydrogen) atoms. The van der Waals surface area contributed by atoms with Crippen molar-refractivity contribution in [2.45, 2.75) is 32.8 Å². The van der Waals surface area contributed by atoms with Crippen molar-refractivity contribution in [3.05, 3.63) is 0 Å². The first kappa shape index (κ1) is 9.52. The number of hydrogen-bond acceptors (Lipinski definition) is 3. The van der Waals surface area contributed by atoms with Gasteiger partial charge < -0.3 is 9.84 Å². The molecule has 1 aliphatic rings. The normalized spacial score (nSPS) is 29.3. The number of methoxy groups -OCH3 is 1. The summed E-state index contributed by atoms with van der Waals surface area (Å²) in [5.74, 6) is 0.0966. The van der Waals surface area contributed by atoms with Crippen molar-refractivity contribution in [1.29, 1.82) is 0 Å². The van der Waals surface area contributed by atoms with Crippen molar-refractivity contribution >= 4 is 5.97 Å². The number of hydrogen-bond donors (Lipinski definition) is 1. The van der Waals surface area contributed by atoms with E-state index in [9.17, 15) is 4.79 Å². The third kappa shape index (κ3) is 1.46. The van der Waals surface area contributed by atoms with Gasteiger partial charge in [-0.2, -0.15) is 0 Å². The van der Waals surface area contributed by atoms with Crippen LogP contribution >= 0.6 is 0 Å². The lowest BCUT2D eigenvalue weighted by Crippen LogP contribution is -2.43. The van der Waals surface area contributed by atoms with E-state index < -0.39 is 5.41 Å². The van der Waals surface area contributed by atoms with Crippen molar-refractivity contribution in [2.24, 2.45) is 11.3 Å². The van der Waals surface area contributed by atoms with E-state index in [0.29, 0.717) is 0 Å². The number of aliphatic hydroxyl groups excluding tert-OH is 1. The van der Waals surface area contributed by atoms with Gasteiger partial charge in [0, 0.05) is 0 Å². The number of carbonyl (C=O) groups is 1. The molecule has 3 heteroatoms. The Morgan fingerprint density at radius 1 is 1.50 bits per heavy atom. The van der Waals surface area contributed by atoms with Gasteiger partial charge in [-0.25, -0.2) is 0 Å². The van der Waals surface area contributed by atoms with Gasteiger partial charge in [0.2, 0.25) is 0 Å².